The molecule has 0 saturated heterocycles. The number of hydrogen-bond donors (Lipinski definition) is 1. The number of anilines is 1. The largest absolute Gasteiger partial charge is 0.370 e. The molecule has 0 radical (unpaired) electrons. The number of aromatic nitrogens is 1. The predicted octanol–water partition coefficient (Wildman–Crippen LogP) is 2.00. The van der Waals surface area contributed by atoms with E-state index < -0.39 is 0 Å². The van der Waals surface area contributed by atoms with E-state index >= 15 is 0 Å². The SMILES string of the molecule is CN(C)C(=O)c1ccc(NCC2CCC2)nc1. The van der Waals surface area contributed by atoms with Crippen molar-refractivity contribution in [2.24, 2.45) is 5.92 Å². The van der Waals surface area contributed by atoms with Crippen LogP contribution in [0.4, 0.5) is 5.82 Å². The van der Waals surface area contributed by atoms with Crippen LogP contribution in [0, 0.1) is 5.92 Å². The lowest BCUT2D eigenvalue weighted by Crippen LogP contribution is -2.22. The van der Waals surface area contributed by atoms with Crippen molar-refractivity contribution < 1.29 is 4.79 Å². The molecule has 1 saturated carbocycles. The summed E-state index contributed by atoms with van der Waals surface area (Å²) in [4.78, 5) is 17.5. The van der Waals surface area contributed by atoms with Crippen LogP contribution in [0.1, 0.15) is 29.6 Å². The highest BCUT2D eigenvalue weighted by atomic mass is 16.2. The second kappa shape index (κ2) is 5.17. The number of carbonyl (C=O) groups excluding carboxylic acids is 1. The van der Waals surface area contributed by atoms with Crippen LogP contribution in [0.3, 0.4) is 0 Å². The fraction of sp³-hybridized carbons (Fsp3) is 0.538. The summed E-state index contributed by atoms with van der Waals surface area (Å²) in [5.74, 6) is 1.65. The van der Waals surface area contributed by atoms with Crippen LogP contribution >= 0.6 is 0 Å². The second-order valence-electron chi connectivity index (χ2n) is 4.81. The molecule has 1 heterocycles. The van der Waals surface area contributed by atoms with Crippen molar-refractivity contribution in [3.63, 3.8) is 0 Å². The molecule has 1 N–H and O–H groups in total. The first-order valence-electron chi connectivity index (χ1n) is 6.08. The van der Waals surface area contributed by atoms with E-state index in [1.54, 1.807) is 25.2 Å². The Morgan fingerprint density at radius 2 is 2.24 bits per heavy atom. The van der Waals surface area contributed by atoms with Crippen LogP contribution < -0.4 is 5.32 Å². The first kappa shape index (κ1) is 11.9. The summed E-state index contributed by atoms with van der Waals surface area (Å²) in [7, 11) is 3.48. The Labute approximate surface area is 102 Å². The van der Waals surface area contributed by atoms with Crippen LogP contribution in [-0.4, -0.2) is 36.4 Å². The van der Waals surface area contributed by atoms with Gasteiger partial charge in [0.05, 0.1) is 5.56 Å². The van der Waals surface area contributed by atoms with Crippen molar-refractivity contribution >= 4 is 11.7 Å². The molecule has 1 aromatic heterocycles. The molecule has 0 bridgehead atoms. The third-order valence-corrected chi connectivity index (χ3v) is 3.21. The Balaban J connectivity index is 1.90. The number of amides is 1. The fourth-order valence-electron chi connectivity index (χ4n) is 1.83. The third-order valence-electron chi connectivity index (χ3n) is 3.21. The van der Waals surface area contributed by atoms with Gasteiger partial charge in [-0.2, -0.15) is 0 Å². The molecule has 2 rings (SSSR count). The maximum atomic E-state index is 11.6. The average Bonchev–Trinajstić information content (AvgIpc) is 2.27. The van der Waals surface area contributed by atoms with E-state index in [9.17, 15) is 4.79 Å². The summed E-state index contributed by atoms with van der Waals surface area (Å²) in [5, 5.41) is 3.31. The number of hydrogen-bond acceptors (Lipinski definition) is 3. The molecule has 0 unspecified atom stereocenters. The van der Waals surface area contributed by atoms with Crippen LogP contribution in [0.2, 0.25) is 0 Å². The van der Waals surface area contributed by atoms with Gasteiger partial charge in [0.25, 0.3) is 5.91 Å². The van der Waals surface area contributed by atoms with Gasteiger partial charge in [-0.05, 0) is 30.9 Å². The van der Waals surface area contributed by atoms with Gasteiger partial charge in [-0.15, -0.1) is 0 Å². The summed E-state index contributed by atoms with van der Waals surface area (Å²) in [6.45, 7) is 0.994. The fourth-order valence-corrected chi connectivity index (χ4v) is 1.83. The molecule has 92 valence electrons. The minimum atomic E-state index is -0.0111. The monoisotopic (exact) mass is 233 g/mol. The van der Waals surface area contributed by atoms with E-state index in [0.717, 1.165) is 18.3 Å². The van der Waals surface area contributed by atoms with Crippen LogP contribution in [0.5, 0.6) is 0 Å². The van der Waals surface area contributed by atoms with E-state index in [2.05, 4.69) is 10.3 Å². The lowest BCUT2D eigenvalue weighted by molar-refractivity contribution is 0.0827. The van der Waals surface area contributed by atoms with Crippen molar-refractivity contribution in [3.05, 3.63) is 23.9 Å². The van der Waals surface area contributed by atoms with Gasteiger partial charge in [-0.25, -0.2) is 4.98 Å². The maximum absolute atomic E-state index is 11.6. The Bertz CT molecular complexity index is 382. The van der Waals surface area contributed by atoms with Crippen molar-refractivity contribution in [1.82, 2.24) is 9.88 Å². The normalized spacial score (nSPS) is 15.2. The Kier molecular flexibility index (Phi) is 3.61. The number of nitrogens with zero attached hydrogens (tertiary/aromatic N) is 2. The summed E-state index contributed by atoms with van der Waals surface area (Å²) >= 11 is 0. The zero-order chi connectivity index (χ0) is 12.3. The Morgan fingerprint density at radius 3 is 2.71 bits per heavy atom. The van der Waals surface area contributed by atoms with Crippen LogP contribution in [0.15, 0.2) is 18.3 Å². The number of nitrogens with one attached hydrogen (secondary N) is 1. The predicted molar refractivity (Wildman–Crippen MR) is 68.1 cm³/mol. The standard InChI is InChI=1S/C13H19N3O/c1-16(2)13(17)11-6-7-12(15-9-11)14-8-10-4-3-5-10/h6-7,9-10H,3-5,8H2,1-2H3,(H,14,15). The zero-order valence-electron chi connectivity index (χ0n) is 10.4. The molecule has 0 aromatic carbocycles. The highest BCUT2D eigenvalue weighted by Gasteiger charge is 2.16. The van der Waals surface area contributed by atoms with Gasteiger partial charge in [0, 0.05) is 26.8 Å². The average molecular weight is 233 g/mol. The first-order valence-corrected chi connectivity index (χ1v) is 6.08. The van der Waals surface area contributed by atoms with E-state index in [-0.39, 0.29) is 5.91 Å². The first-order chi connectivity index (χ1) is 8.16. The van der Waals surface area contributed by atoms with Crippen LogP contribution in [-0.2, 0) is 0 Å². The Morgan fingerprint density at radius 1 is 1.47 bits per heavy atom. The molecule has 1 aliphatic carbocycles. The summed E-state index contributed by atoms with van der Waals surface area (Å²) < 4.78 is 0. The summed E-state index contributed by atoms with van der Waals surface area (Å²) in [5.41, 5.74) is 0.629. The van der Waals surface area contributed by atoms with E-state index in [0.29, 0.717) is 5.56 Å². The van der Waals surface area contributed by atoms with Crippen molar-refractivity contribution in [3.8, 4) is 0 Å². The summed E-state index contributed by atoms with van der Waals surface area (Å²) in [6.07, 6.45) is 5.63. The quantitative estimate of drug-likeness (QED) is 0.865. The minimum Gasteiger partial charge on any atom is -0.370 e. The minimum absolute atomic E-state index is 0.0111. The van der Waals surface area contributed by atoms with Gasteiger partial charge in [0.2, 0.25) is 0 Å². The van der Waals surface area contributed by atoms with Gasteiger partial charge >= 0.3 is 0 Å². The molecule has 1 aromatic rings. The third kappa shape index (κ3) is 2.96. The molecule has 1 aliphatic rings. The van der Waals surface area contributed by atoms with Crippen molar-refractivity contribution in [1.29, 1.82) is 0 Å². The van der Waals surface area contributed by atoms with Gasteiger partial charge in [0.1, 0.15) is 5.82 Å². The van der Waals surface area contributed by atoms with E-state index in [1.165, 1.54) is 19.3 Å². The second-order valence-corrected chi connectivity index (χ2v) is 4.81. The molecule has 4 nitrogen and oxygen atoms in total. The lowest BCUT2D eigenvalue weighted by Gasteiger charge is -2.25. The number of pyridine rings is 1. The highest BCUT2D eigenvalue weighted by Crippen LogP contribution is 2.26. The van der Waals surface area contributed by atoms with Gasteiger partial charge in [-0.1, -0.05) is 6.42 Å². The van der Waals surface area contributed by atoms with Gasteiger partial charge < -0.3 is 10.2 Å². The van der Waals surface area contributed by atoms with E-state index in [1.807, 2.05) is 12.1 Å². The molecule has 0 spiro atoms. The van der Waals surface area contributed by atoms with Gasteiger partial charge in [0.15, 0.2) is 0 Å². The van der Waals surface area contributed by atoms with Crippen LogP contribution in [0.25, 0.3) is 0 Å². The highest BCUT2D eigenvalue weighted by molar-refractivity contribution is 5.93. The molecule has 0 aliphatic heterocycles. The molecule has 1 amide bonds. The number of carbonyl (C=O) groups is 1. The van der Waals surface area contributed by atoms with Crippen molar-refractivity contribution in [2.45, 2.75) is 19.3 Å². The zero-order valence-corrected chi connectivity index (χ0v) is 10.4. The molecule has 17 heavy (non-hydrogen) atoms. The Hall–Kier alpha value is -1.58. The molecule has 1 fully saturated rings. The maximum Gasteiger partial charge on any atom is 0.254 e. The topological polar surface area (TPSA) is 45.2 Å². The summed E-state index contributed by atoms with van der Waals surface area (Å²) in [6, 6.07) is 3.69. The molecular formula is C13H19N3O. The van der Waals surface area contributed by atoms with Gasteiger partial charge in [-0.3, -0.25) is 4.79 Å². The van der Waals surface area contributed by atoms with E-state index in [4.69, 9.17) is 0 Å². The van der Waals surface area contributed by atoms with Crippen molar-refractivity contribution in [2.75, 3.05) is 26.0 Å². The lowest BCUT2D eigenvalue weighted by atomic mass is 9.85. The number of rotatable bonds is 4. The smallest absolute Gasteiger partial charge is 0.254 e. The molecule has 0 atom stereocenters. The molecular weight excluding hydrogens is 214 g/mol. The molecule has 4 heteroatoms.